The van der Waals surface area contributed by atoms with Crippen molar-refractivity contribution in [2.24, 2.45) is 5.73 Å². The average Bonchev–Trinajstić information content (AvgIpc) is 2.36. The van der Waals surface area contributed by atoms with Crippen molar-refractivity contribution in [2.75, 3.05) is 0 Å². The minimum Gasteiger partial charge on any atom is -0.508 e. The van der Waals surface area contributed by atoms with Crippen LogP contribution in [0.3, 0.4) is 0 Å². The van der Waals surface area contributed by atoms with Crippen molar-refractivity contribution in [3.05, 3.63) is 35.7 Å². The molecule has 1 heterocycles. The van der Waals surface area contributed by atoms with Crippen LogP contribution in [-0.2, 0) is 0 Å². The molecule has 1 aromatic carbocycles. The van der Waals surface area contributed by atoms with Gasteiger partial charge < -0.3 is 10.8 Å². The molecule has 0 bridgehead atoms. The Morgan fingerprint density at radius 2 is 2.11 bits per heavy atom. The molecular weight excluding hydrogens is 228 g/mol. The number of hydrogen-bond donors (Lipinski definition) is 2. The van der Waals surface area contributed by atoms with E-state index in [1.165, 1.54) is 0 Å². The number of aromatic hydroxyl groups is 1. The highest BCUT2D eigenvalue weighted by atomic mass is 16.3. The number of nitrogens with two attached hydrogens (primary N) is 1. The fourth-order valence-electron chi connectivity index (χ4n) is 1.95. The smallest absolute Gasteiger partial charge is 0.267 e. The van der Waals surface area contributed by atoms with Crippen LogP contribution in [0.2, 0.25) is 0 Å². The fraction of sp³-hybridized carbons (Fsp3) is 0.286. The van der Waals surface area contributed by atoms with Gasteiger partial charge in [0.2, 0.25) is 0 Å². The molecule has 1 aromatic heterocycles. The zero-order valence-electron chi connectivity index (χ0n) is 10.5. The molecule has 4 heteroatoms. The molecular formula is C14H16N2O2. The van der Waals surface area contributed by atoms with E-state index in [0.29, 0.717) is 0 Å². The molecule has 0 aliphatic rings. The number of pyridine rings is 1. The van der Waals surface area contributed by atoms with E-state index in [0.717, 1.165) is 22.8 Å². The Hall–Kier alpha value is -2.10. The SMILES string of the molecule is CCC(C)c1cc2cnc(C(N)=O)cc2cc1O. The summed E-state index contributed by atoms with van der Waals surface area (Å²) < 4.78 is 0. The van der Waals surface area contributed by atoms with Crippen molar-refractivity contribution < 1.29 is 9.90 Å². The van der Waals surface area contributed by atoms with Gasteiger partial charge in [0, 0.05) is 11.6 Å². The molecule has 1 atom stereocenters. The number of rotatable bonds is 3. The maximum atomic E-state index is 11.0. The summed E-state index contributed by atoms with van der Waals surface area (Å²) in [5.41, 5.74) is 6.29. The Morgan fingerprint density at radius 3 is 2.72 bits per heavy atom. The molecule has 3 N–H and O–H groups in total. The zero-order valence-corrected chi connectivity index (χ0v) is 10.5. The number of fused-ring (bicyclic) bond motifs is 1. The Kier molecular flexibility index (Phi) is 3.19. The third-order valence-electron chi connectivity index (χ3n) is 3.26. The van der Waals surface area contributed by atoms with Crippen LogP contribution in [0.5, 0.6) is 5.75 Å². The summed E-state index contributed by atoms with van der Waals surface area (Å²) in [5, 5.41) is 11.7. The third kappa shape index (κ3) is 2.14. The number of nitrogens with zero attached hydrogens (tertiary/aromatic N) is 1. The number of aromatic nitrogens is 1. The number of amides is 1. The normalized spacial score (nSPS) is 12.6. The molecule has 2 rings (SSSR count). The van der Waals surface area contributed by atoms with E-state index in [9.17, 15) is 9.90 Å². The topological polar surface area (TPSA) is 76.2 Å². The first kappa shape index (κ1) is 12.4. The molecule has 0 aliphatic heterocycles. The predicted octanol–water partition coefficient (Wildman–Crippen LogP) is 2.55. The van der Waals surface area contributed by atoms with Gasteiger partial charge >= 0.3 is 0 Å². The van der Waals surface area contributed by atoms with Crippen molar-refractivity contribution in [1.29, 1.82) is 0 Å². The Morgan fingerprint density at radius 1 is 1.39 bits per heavy atom. The molecule has 0 aliphatic carbocycles. The predicted molar refractivity (Wildman–Crippen MR) is 70.6 cm³/mol. The van der Waals surface area contributed by atoms with Crippen LogP contribution >= 0.6 is 0 Å². The maximum absolute atomic E-state index is 11.0. The number of benzene rings is 1. The molecule has 2 aromatic rings. The lowest BCUT2D eigenvalue weighted by molar-refractivity contribution is 0.0996. The number of phenols is 1. The van der Waals surface area contributed by atoms with Gasteiger partial charge in [-0.25, -0.2) is 0 Å². The Bertz CT molecular complexity index is 608. The van der Waals surface area contributed by atoms with E-state index in [-0.39, 0.29) is 17.4 Å². The monoisotopic (exact) mass is 244 g/mol. The largest absolute Gasteiger partial charge is 0.508 e. The maximum Gasteiger partial charge on any atom is 0.267 e. The molecule has 1 unspecified atom stereocenters. The number of carbonyl (C=O) groups is 1. The van der Waals surface area contributed by atoms with E-state index in [1.807, 2.05) is 6.07 Å². The second kappa shape index (κ2) is 4.64. The van der Waals surface area contributed by atoms with Crippen LogP contribution in [-0.4, -0.2) is 16.0 Å². The summed E-state index contributed by atoms with van der Waals surface area (Å²) in [6.07, 6.45) is 2.56. The van der Waals surface area contributed by atoms with Crippen LogP contribution in [0.1, 0.15) is 42.2 Å². The highest BCUT2D eigenvalue weighted by molar-refractivity contribution is 5.95. The molecule has 0 spiro atoms. The van der Waals surface area contributed by atoms with Gasteiger partial charge in [0.25, 0.3) is 5.91 Å². The lowest BCUT2D eigenvalue weighted by Crippen LogP contribution is -2.12. The summed E-state index contributed by atoms with van der Waals surface area (Å²) in [6.45, 7) is 4.13. The summed E-state index contributed by atoms with van der Waals surface area (Å²) in [5.74, 6) is -0.0360. The van der Waals surface area contributed by atoms with Crippen molar-refractivity contribution in [1.82, 2.24) is 4.98 Å². The van der Waals surface area contributed by atoms with Crippen molar-refractivity contribution in [3.8, 4) is 5.75 Å². The van der Waals surface area contributed by atoms with E-state index >= 15 is 0 Å². The second-order valence-corrected chi connectivity index (χ2v) is 4.50. The molecule has 94 valence electrons. The highest BCUT2D eigenvalue weighted by Gasteiger charge is 2.11. The standard InChI is InChI=1S/C14H16N2O2/c1-3-8(2)11-4-10-7-16-12(14(15)18)5-9(10)6-13(11)17/h4-8,17H,3H2,1-2H3,(H2,15,18). The Labute approximate surface area is 105 Å². The van der Waals surface area contributed by atoms with Gasteiger partial charge in [-0.2, -0.15) is 0 Å². The van der Waals surface area contributed by atoms with E-state index in [2.05, 4.69) is 18.8 Å². The van der Waals surface area contributed by atoms with Gasteiger partial charge in [-0.3, -0.25) is 9.78 Å². The first-order chi connectivity index (χ1) is 8.52. The van der Waals surface area contributed by atoms with Gasteiger partial charge in [-0.15, -0.1) is 0 Å². The van der Waals surface area contributed by atoms with Gasteiger partial charge in [-0.05, 0) is 41.5 Å². The van der Waals surface area contributed by atoms with Crippen LogP contribution in [0.25, 0.3) is 10.8 Å². The molecule has 4 nitrogen and oxygen atoms in total. The van der Waals surface area contributed by atoms with Gasteiger partial charge in [-0.1, -0.05) is 13.8 Å². The molecule has 18 heavy (non-hydrogen) atoms. The summed E-state index contributed by atoms with van der Waals surface area (Å²) in [4.78, 5) is 15.1. The van der Waals surface area contributed by atoms with E-state index in [1.54, 1.807) is 18.3 Å². The van der Waals surface area contributed by atoms with Crippen LogP contribution < -0.4 is 5.73 Å². The average molecular weight is 244 g/mol. The molecule has 0 saturated carbocycles. The number of hydrogen-bond acceptors (Lipinski definition) is 3. The minimum atomic E-state index is -0.567. The van der Waals surface area contributed by atoms with Gasteiger partial charge in [0.15, 0.2) is 0 Å². The van der Waals surface area contributed by atoms with E-state index < -0.39 is 5.91 Å². The highest BCUT2D eigenvalue weighted by Crippen LogP contribution is 2.32. The number of primary amides is 1. The van der Waals surface area contributed by atoms with Crippen molar-refractivity contribution >= 4 is 16.7 Å². The summed E-state index contributed by atoms with van der Waals surface area (Å²) >= 11 is 0. The quantitative estimate of drug-likeness (QED) is 0.871. The number of phenolic OH excluding ortho intramolecular Hbond substituents is 1. The fourth-order valence-corrected chi connectivity index (χ4v) is 1.95. The van der Waals surface area contributed by atoms with Gasteiger partial charge in [0.1, 0.15) is 11.4 Å². The Balaban J connectivity index is 2.60. The molecule has 0 fully saturated rings. The van der Waals surface area contributed by atoms with Gasteiger partial charge in [0.05, 0.1) is 0 Å². The summed E-state index contributed by atoms with van der Waals surface area (Å²) in [7, 11) is 0. The molecule has 0 radical (unpaired) electrons. The first-order valence-electron chi connectivity index (χ1n) is 5.95. The second-order valence-electron chi connectivity index (χ2n) is 4.50. The molecule has 0 saturated heterocycles. The lowest BCUT2D eigenvalue weighted by Gasteiger charge is -2.12. The van der Waals surface area contributed by atoms with E-state index in [4.69, 9.17) is 5.73 Å². The van der Waals surface area contributed by atoms with Crippen molar-refractivity contribution in [3.63, 3.8) is 0 Å². The van der Waals surface area contributed by atoms with Crippen LogP contribution in [0.15, 0.2) is 24.4 Å². The van der Waals surface area contributed by atoms with Crippen molar-refractivity contribution in [2.45, 2.75) is 26.2 Å². The zero-order chi connectivity index (χ0) is 13.3. The molecule has 1 amide bonds. The van der Waals surface area contributed by atoms with Crippen LogP contribution in [0.4, 0.5) is 0 Å². The third-order valence-corrected chi connectivity index (χ3v) is 3.26. The van der Waals surface area contributed by atoms with Crippen LogP contribution in [0, 0.1) is 0 Å². The minimum absolute atomic E-state index is 0.207. The lowest BCUT2D eigenvalue weighted by atomic mass is 9.95. The first-order valence-corrected chi connectivity index (χ1v) is 5.95. The number of carbonyl (C=O) groups excluding carboxylic acids is 1. The summed E-state index contributed by atoms with van der Waals surface area (Å²) in [6, 6.07) is 5.17.